The number of carboxylic acid groups (broad SMARTS) is 1. The molecule has 6 atom stereocenters. The second-order valence-electron chi connectivity index (χ2n) is 9.60. The number of aromatic hydroxyl groups is 1. The molecule has 3 aliphatic rings. The van der Waals surface area contributed by atoms with Crippen molar-refractivity contribution in [2.45, 2.75) is 43.2 Å². The van der Waals surface area contributed by atoms with Crippen LogP contribution >= 0.6 is 0 Å². The molecule has 3 aliphatic heterocycles. The summed E-state index contributed by atoms with van der Waals surface area (Å²) in [4.78, 5) is 15.6. The second-order valence-corrected chi connectivity index (χ2v) is 9.60. The highest BCUT2D eigenvalue weighted by molar-refractivity contribution is 6.13. The summed E-state index contributed by atoms with van der Waals surface area (Å²) in [5, 5.41) is 67.0. The molecular weight excluding hydrogens is 556 g/mol. The number of methoxy groups -OCH3 is 1. The van der Waals surface area contributed by atoms with Crippen LogP contribution in [0.3, 0.4) is 0 Å². The molecule has 2 aromatic rings. The van der Waals surface area contributed by atoms with Crippen LogP contribution in [0, 0.1) is 0 Å². The van der Waals surface area contributed by atoms with Crippen molar-refractivity contribution in [3.05, 3.63) is 59.7 Å². The zero-order valence-corrected chi connectivity index (χ0v) is 22.2. The summed E-state index contributed by atoms with van der Waals surface area (Å²) >= 11 is 0. The van der Waals surface area contributed by atoms with Crippen molar-refractivity contribution < 1.29 is 64.5 Å². The van der Waals surface area contributed by atoms with Crippen LogP contribution in [-0.4, -0.2) is 92.6 Å². The predicted octanol–water partition coefficient (Wildman–Crippen LogP) is -0.358. The quantitative estimate of drug-likeness (QED) is 0.200. The number of allylic oxidation sites excluding steroid dienone is 1. The Morgan fingerprint density at radius 1 is 1.07 bits per heavy atom. The van der Waals surface area contributed by atoms with E-state index in [0.29, 0.717) is 30.2 Å². The van der Waals surface area contributed by atoms with Gasteiger partial charge in [0.05, 0.1) is 13.7 Å². The molecule has 0 saturated carbocycles. The van der Waals surface area contributed by atoms with Crippen molar-refractivity contribution in [2.75, 3.05) is 13.7 Å². The number of rotatable bonds is 9. The highest BCUT2D eigenvalue weighted by Crippen LogP contribution is 2.50. The molecule has 3 heterocycles. The van der Waals surface area contributed by atoms with Crippen LogP contribution in [0.4, 0.5) is 0 Å². The van der Waals surface area contributed by atoms with Crippen LogP contribution < -0.4 is 24.4 Å². The Kier molecular flexibility index (Phi) is 8.04. The number of aliphatic hydroxyl groups is 4. The van der Waals surface area contributed by atoms with Crippen LogP contribution in [0.5, 0.6) is 28.7 Å². The molecule has 14 nitrogen and oxygen atoms in total. The molecule has 0 amide bonds. The third-order valence-electron chi connectivity index (χ3n) is 6.82. The fourth-order valence-corrected chi connectivity index (χ4v) is 4.65. The predicted molar refractivity (Wildman–Crippen MR) is 144 cm³/mol. The van der Waals surface area contributed by atoms with Gasteiger partial charge in [-0.25, -0.2) is 4.79 Å². The van der Waals surface area contributed by atoms with Gasteiger partial charge in [0.1, 0.15) is 47.2 Å². The number of hydrogen-bond acceptors (Lipinski definition) is 11. The van der Waals surface area contributed by atoms with Gasteiger partial charge in [0.25, 0.3) is 0 Å². The van der Waals surface area contributed by atoms with Crippen LogP contribution in [-0.2, 0) is 9.53 Å². The zero-order chi connectivity index (χ0) is 30.1. The minimum Gasteiger partial charge on any atom is -0.507 e. The monoisotopic (exact) mass is 585 g/mol. The van der Waals surface area contributed by atoms with Crippen molar-refractivity contribution in [1.29, 1.82) is 0 Å². The summed E-state index contributed by atoms with van der Waals surface area (Å²) in [6.45, 7) is 0.385. The Labute approximate surface area is 238 Å². The maximum atomic E-state index is 11.5. The highest BCUT2D eigenvalue weighted by Gasteiger charge is 2.48. The van der Waals surface area contributed by atoms with Crippen molar-refractivity contribution in [3.8, 4) is 28.7 Å². The highest BCUT2D eigenvalue weighted by atomic mass is 16.7. The molecular formula is C28H29N2O12+. The Balaban J connectivity index is 1.34. The fraction of sp³-hybridized carbons (Fsp3) is 0.321. The summed E-state index contributed by atoms with van der Waals surface area (Å²) < 4.78 is 27.8. The third-order valence-corrected chi connectivity index (χ3v) is 6.82. The normalized spacial score (nSPS) is 26.5. The van der Waals surface area contributed by atoms with Gasteiger partial charge in [-0.3, -0.25) is 5.41 Å². The largest absolute Gasteiger partial charge is 0.507 e. The minimum atomic E-state index is -1.92. The van der Waals surface area contributed by atoms with Crippen molar-refractivity contribution in [2.24, 2.45) is 4.99 Å². The lowest BCUT2D eigenvalue weighted by Crippen LogP contribution is -2.61. The smallest absolute Gasteiger partial charge is 0.335 e. The number of phenolic OH excluding ortho intramolecular Hbond substituents is 1. The van der Waals surface area contributed by atoms with Gasteiger partial charge in [0.2, 0.25) is 12.0 Å². The average Bonchev–Trinajstić information content (AvgIpc) is 3.38. The zero-order valence-electron chi connectivity index (χ0n) is 22.2. The molecule has 222 valence electrons. The molecule has 0 aromatic heterocycles. The fourth-order valence-electron chi connectivity index (χ4n) is 4.65. The first-order valence-corrected chi connectivity index (χ1v) is 12.8. The number of aliphatic carboxylic acids is 1. The number of benzene rings is 2. The lowest BCUT2D eigenvalue weighted by Gasteiger charge is -2.38. The van der Waals surface area contributed by atoms with E-state index in [1.807, 2.05) is 6.08 Å². The number of nitrogens with zero attached hydrogens (tertiary/aromatic N) is 1. The molecule has 0 radical (unpaired) electrons. The maximum Gasteiger partial charge on any atom is 0.335 e. The Hall–Kier alpha value is -4.63. The molecule has 6 unspecified atom stereocenters. The second kappa shape index (κ2) is 11.7. The maximum absolute atomic E-state index is 11.5. The molecule has 1 fully saturated rings. The van der Waals surface area contributed by atoms with Gasteiger partial charge in [-0.1, -0.05) is 12.1 Å². The van der Waals surface area contributed by atoms with Gasteiger partial charge in [0.15, 0.2) is 23.3 Å². The molecule has 42 heavy (non-hydrogen) atoms. The average molecular weight is 586 g/mol. The van der Waals surface area contributed by atoms with E-state index in [0.717, 1.165) is 5.71 Å². The van der Waals surface area contributed by atoms with E-state index in [-0.39, 0.29) is 28.6 Å². The van der Waals surface area contributed by atoms with Crippen LogP contribution in [0.2, 0.25) is 0 Å². The number of nitrogens with two attached hydrogens (primary N) is 1. The van der Waals surface area contributed by atoms with Gasteiger partial charge in [-0.2, -0.15) is 0 Å². The summed E-state index contributed by atoms with van der Waals surface area (Å²) in [5.74, 6) is -2.01. The van der Waals surface area contributed by atoms with Crippen LogP contribution in [0.1, 0.15) is 23.7 Å². The lowest BCUT2D eigenvalue weighted by molar-refractivity contribution is -0.271. The lowest BCUT2D eigenvalue weighted by atomic mass is 9.99. The van der Waals surface area contributed by atoms with Crippen LogP contribution in [0.15, 0.2) is 53.6 Å². The van der Waals surface area contributed by atoms with E-state index in [1.165, 1.54) is 19.3 Å². The van der Waals surface area contributed by atoms with Gasteiger partial charge in [-0.05, 0) is 28.8 Å². The Morgan fingerprint density at radius 3 is 2.45 bits per heavy atom. The minimum absolute atomic E-state index is 0.0317. The van der Waals surface area contributed by atoms with E-state index >= 15 is 0 Å². The number of fused-ring (bicyclic) bond motifs is 1. The third kappa shape index (κ3) is 5.60. The first-order chi connectivity index (χ1) is 20.1. The molecule has 0 bridgehead atoms. The van der Waals surface area contributed by atoms with E-state index in [4.69, 9.17) is 29.1 Å². The summed E-state index contributed by atoms with van der Waals surface area (Å²) in [7, 11) is 1.20. The number of phenols is 1. The van der Waals surface area contributed by atoms with E-state index < -0.39 is 48.5 Å². The molecule has 14 heteroatoms. The number of carbonyl (C=O) groups is 1. The van der Waals surface area contributed by atoms with Crippen LogP contribution in [0.25, 0.3) is 5.76 Å². The van der Waals surface area contributed by atoms with E-state index in [9.17, 15) is 35.4 Å². The number of aliphatic imine (C=N–C) groups is 1. The number of carboxylic acids is 1. The summed E-state index contributed by atoms with van der Waals surface area (Å²) in [6, 6.07) is 8.17. The topological polar surface area (TPSA) is 223 Å². The Bertz CT molecular complexity index is 1470. The first kappa shape index (κ1) is 28.9. The molecule has 0 spiro atoms. The number of aliphatic hydroxyl groups excluding tert-OH is 4. The van der Waals surface area contributed by atoms with Crippen molar-refractivity contribution in [1.82, 2.24) is 0 Å². The first-order valence-electron chi connectivity index (χ1n) is 12.8. The molecule has 8 N–H and O–H groups in total. The van der Waals surface area contributed by atoms with Crippen molar-refractivity contribution in [3.63, 3.8) is 0 Å². The SMILES string of the molecule is COc1c(OC2OC(C(=O)O)C(O)C(O)C2O)cc2c(c1O)C(O)=CC(c1ccc(OCCC3=NC(=[NH2+])C=C3)cc1)O2. The van der Waals surface area contributed by atoms with Gasteiger partial charge >= 0.3 is 11.8 Å². The Morgan fingerprint density at radius 2 is 1.81 bits per heavy atom. The number of amidine groups is 1. The van der Waals surface area contributed by atoms with Gasteiger partial charge < -0.3 is 54.3 Å². The van der Waals surface area contributed by atoms with E-state index in [1.54, 1.807) is 30.3 Å². The summed E-state index contributed by atoms with van der Waals surface area (Å²) in [5.41, 5.74) is 1.36. The standard InChI is InChI=1S/C28H28N2O12/c1-38-25-18(41-28-24(35)22(33)23(34)26(42-28)27(36)37)11-17-20(21(25)32)15(31)10-16(40-17)12-2-5-14(6-3-12)39-9-8-13-4-7-19(29)30-13/h2-7,10-11,16,22-24,26,28-29,31-35H,8-9H2,1H3,(H,36,37)/p+1. The van der Waals surface area contributed by atoms with Crippen molar-refractivity contribution >= 4 is 23.3 Å². The summed E-state index contributed by atoms with van der Waals surface area (Å²) in [6.07, 6.45) is -4.67. The number of ether oxygens (including phenoxy) is 5. The molecule has 5 rings (SSSR count). The van der Waals surface area contributed by atoms with E-state index in [2.05, 4.69) is 4.99 Å². The molecule has 1 saturated heterocycles. The molecule has 2 aromatic carbocycles. The van der Waals surface area contributed by atoms with Gasteiger partial charge in [0, 0.05) is 24.6 Å². The molecule has 0 aliphatic carbocycles. The van der Waals surface area contributed by atoms with Gasteiger partial charge in [-0.15, -0.1) is 0 Å². The number of hydrogen-bond donors (Lipinski definition) is 7.